The summed E-state index contributed by atoms with van der Waals surface area (Å²) >= 11 is 0. The highest BCUT2D eigenvalue weighted by Gasteiger charge is 2.55. The Morgan fingerprint density at radius 2 is 1.87 bits per heavy atom. The van der Waals surface area contributed by atoms with Crippen molar-refractivity contribution in [2.24, 2.45) is 11.8 Å². The number of Topliss-reactive ketones (excluding diaryl/α,β-unsaturated/α-hetero) is 1. The van der Waals surface area contributed by atoms with Gasteiger partial charge in [-0.1, -0.05) is 30.3 Å². The molecule has 1 saturated carbocycles. The van der Waals surface area contributed by atoms with Crippen molar-refractivity contribution in [2.75, 3.05) is 6.54 Å². The van der Waals surface area contributed by atoms with Gasteiger partial charge in [0.25, 0.3) is 0 Å². The molecule has 0 unspecified atom stereocenters. The quantitative estimate of drug-likeness (QED) is 0.840. The van der Waals surface area contributed by atoms with E-state index in [1.54, 1.807) is 0 Å². The van der Waals surface area contributed by atoms with E-state index in [0.717, 1.165) is 45.1 Å². The second kappa shape index (κ2) is 5.77. The minimum absolute atomic E-state index is 0.0130. The highest BCUT2D eigenvalue weighted by Crippen LogP contribution is 2.51. The van der Waals surface area contributed by atoms with Crippen LogP contribution in [-0.4, -0.2) is 28.7 Å². The van der Waals surface area contributed by atoms with Crippen LogP contribution in [0.25, 0.3) is 0 Å². The molecule has 3 fully saturated rings. The van der Waals surface area contributed by atoms with Gasteiger partial charge in [-0.15, -0.1) is 0 Å². The van der Waals surface area contributed by atoms with Gasteiger partial charge in [0.15, 0.2) is 0 Å². The van der Waals surface area contributed by atoms with Gasteiger partial charge in [-0.3, -0.25) is 9.59 Å². The molecular weight excluding hydrogens is 286 g/mol. The van der Waals surface area contributed by atoms with Crippen LogP contribution >= 0.6 is 0 Å². The number of nitrogens with zero attached hydrogens (tertiary/aromatic N) is 1. The van der Waals surface area contributed by atoms with Gasteiger partial charge in [-0.05, 0) is 50.0 Å². The largest absolute Gasteiger partial charge is 0.337 e. The van der Waals surface area contributed by atoms with Crippen LogP contribution in [0.1, 0.15) is 50.5 Å². The molecule has 1 spiro atoms. The molecule has 3 heteroatoms. The van der Waals surface area contributed by atoms with Crippen molar-refractivity contribution in [1.82, 2.24) is 4.90 Å². The fraction of sp³-hybridized carbons (Fsp3) is 0.600. The first-order valence-electron chi connectivity index (χ1n) is 9.08. The lowest BCUT2D eigenvalue weighted by Crippen LogP contribution is -2.57. The molecule has 1 amide bonds. The zero-order valence-corrected chi connectivity index (χ0v) is 13.7. The molecule has 2 heterocycles. The van der Waals surface area contributed by atoms with Crippen molar-refractivity contribution >= 4 is 11.7 Å². The van der Waals surface area contributed by atoms with Crippen LogP contribution in [0.15, 0.2) is 30.3 Å². The third-order valence-electron chi connectivity index (χ3n) is 6.43. The zero-order chi connectivity index (χ0) is 15.9. The van der Waals surface area contributed by atoms with E-state index in [4.69, 9.17) is 0 Å². The van der Waals surface area contributed by atoms with Crippen LogP contribution in [0, 0.1) is 11.8 Å². The fourth-order valence-corrected chi connectivity index (χ4v) is 5.43. The lowest BCUT2D eigenvalue weighted by atomic mass is 9.62. The van der Waals surface area contributed by atoms with Crippen LogP contribution in [0.3, 0.4) is 0 Å². The van der Waals surface area contributed by atoms with E-state index in [1.807, 2.05) is 6.07 Å². The molecule has 3 atom stereocenters. The maximum Gasteiger partial charge on any atom is 0.223 e. The molecule has 23 heavy (non-hydrogen) atoms. The van der Waals surface area contributed by atoms with E-state index in [9.17, 15) is 9.59 Å². The highest BCUT2D eigenvalue weighted by molar-refractivity contribution is 5.84. The van der Waals surface area contributed by atoms with Gasteiger partial charge in [0, 0.05) is 30.8 Å². The summed E-state index contributed by atoms with van der Waals surface area (Å²) in [5.74, 6) is 1.21. The Morgan fingerprint density at radius 1 is 1.04 bits per heavy atom. The first-order valence-corrected chi connectivity index (χ1v) is 9.08. The molecule has 1 aliphatic carbocycles. The minimum atomic E-state index is -0.0130. The number of benzene rings is 1. The average Bonchev–Trinajstić information content (AvgIpc) is 2.93. The molecule has 2 aliphatic heterocycles. The molecule has 0 N–H and O–H groups in total. The van der Waals surface area contributed by atoms with E-state index in [1.165, 1.54) is 5.56 Å². The summed E-state index contributed by atoms with van der Waals surface area (Å²) in [4.78, 5) is 27.4. The molecule has 1 aromatic rings. The third kappa shape index (κ3) is 2.41. The van der Waals surface area contributed by atoms with Gasteiger partial charge in [0.1, 0.15) is 5.78 Å². The van der Waals surface area contributed by atoms with Crippen molar-refractivity contribution < 1.29 is 9.59 Å². The summed E-state index contributed by atoms with van der Waals surface area (Å²) in [5, 5.41) is 0. The molecule has 3 aliphatic rings. The van der Waals surface area contributed by atoms with Crippen LogP contribution < -0.4 is 0 Å². The van der Waals surface area contributed by atoms with Crippen molar-refractivity contribution in [2.45, 2.75) is 56.9 Å². The third-order valence-corrected chi connectivity index (χ3v) is 6.43. The van der Waals surface area contributed by atoms with Gasteiger partial charge in [-0.25, -0.2) is 0 Å². The standard InChI is InChI=1S/C20H25NO2/c22-18-10-12-20-11-5-13-21(20)19(23)9-4-8-17(20)16(18)14-15-6-2-1-3-7-15/h1-3,6-7,16-17H,4-5,8-14H2/t16-,17+,20-/m1/s1. The summed E-state index contributed by atoms with van der Waals surface area (Å²) in [5.41, 5.74) is 1.24. The molecule has 3 nitrogen and oxygen atoms in total. The van der Waals surface area contributed by atoms with Crippen molar-refractivity contribution in [3.05, 3.63) is 35.9 Å². The summed E-state index contributed by atoms with van der Waals surface area (Å²) in [6.07, 6.45) is 7.24. The number of amides is 1. The Morgan fingerprint density at radius 3 is 2.70 bits per heavy atom. The first kappa shape index (κ1) is 14.9. The van der Waals surface area contributed by atoms with E-state index in [-0.39, 0.29) is 11.5 Å². The van der Waals surface area contributed by atoms with E-state index in [0.29, 0.717) is 30.4 Å². The van der Waals surface area contributed by atoms with Crippen molar-refractivity contribution in [1.29, 1.82) is 0 Å². The van der Waals surface area contributed by atoms with E-state index < -0.39 is 0 Å². The average molecular weight is 311 g/mol. The molecule has 1 aromatic carbocycles. The van der Waals surface area contributed by atoms with E-state index >= 15 is 0 Å². The van der Waals surface area contributed by atoms with Crippen molar-refractivity contribution in [3.8, 4) is 0 Å². The second-order valence-corrected chi connectivity index (χ2v) is 7.51. The monoisotopic (exact) mass is 311 g/mol. The van der Waals surface area contributed by atoms with Gasteiger partial charge in [0.2, 0.25) is 5.91 Å². The fourth-order valence-electron chi connectivity index (χ4n) is 5.43. The van der Waals surface area contributed by atoms with Crippen LogP contribution in [0.4, 0.5) is 0 Å². The van der Waals surface area contributed by atoms with Crippen LogP contribution in [0.5, 0.6) is 0 Å². The Labute approximate surface area is 138 Å². The summed E-state index contributed by atoms with van der Waals surface area (Å²) in [7, 11) is 0. The number of hydrogen-bond acceptors (Lipinski definition) is 2. The Hall–Kier alpha value is -1.64. The van der Waals surface area contributed by atoms with Gasteiger partial charge in [-0.2, -0.15) is 0 Å². The number of hydrogen-bond donors (Lipinski definition) is 0. The van der Waals surface area contributed by atoms with Gasteiger partial charge < -0.3 is 4.90 Å². The molecular formula is C20H25NO2. The van der Waals surface area contributed by atoms with Crippen molar-refractivity contribution in [3.63, 3.8) is 0 Å². The molecule has 0 bridgehead atoms. The van der Waals surface area contributed by atoms with Gasteiger partial charge in [0.05, 0.1) is 0 Å². The highest BCUT2D eigenvalue weighted by atomic mass is 16.2. The molecule has 122 valence electrons. The normalized spacial score (nSPS) is 34.0. The lowest BCUT2D eigenvalue weighted by molar-refractivity contribution is -0.143. The SMILES string of the molecule is O=C1CC[C@@]23CCCN2C(=O)CCC[C@H]3[C@H]1Cc1ccccc1. The maximum atomic E-state index is 12.7. The maximum absolute atomic E-state index is 12.7. The number of carbonyl (C=O) groups excluding carboxylic acids is 2. The molecule has 2 saturated heterocycles. The number of carbonyl (C=O) groups is 2. The number of ketones is 1. The van der Waals surface area contributed by atoms with Crippen LogP contribution in [-0.2, 0) is 16.0 Å². The summed E-state index contributed by atoms with van der Waals surface area (Å²) < 4.78 is 0. The summed E-state index contributed by atoms with van der Waals surface area (Å²) in [6, 6.07) is 10.4. The Bertz CT molecular complexity index is 611. The van der Waals surface area contributed by atoms with Gasteiger partial charge >= 0.3 is 0 Å². The van der Waals surface area contributed by atoms with Crippen LogP contribution in [0.2, 0.25) is 0 Å². The lowest BCUT2D eigenvalue weighted by Gasteiger charge is -2.49. The predicted molar refractivity (Wildman–Crippen MR) is 88.9 cm³/mol. The predicted octanol–water partition coefficient (Wildman–Crippen LogP) is 3.37. The Balaban J connectivity index is 1.68. The topological polar surface area (TPSA) is 37.4 Å². The zero-order valence-electron chi connectivity index (χ0n) is 13.7. The minimum Gasteiger partial charge on any atom is -0.337 e. The summed E-state index contributed by atoms with van der Waals surface area (Å²) in [6.45, 7) is 0.904. The molecule has 4 rings (SSSR count). The first-order chi connectivity index (χ1) is 11.2. The van der Waals surface area contributed by atoms with E-state index in [2.05, 4.69) is 29.2 Å². The molecule has 0 aromatic heterocycles. The number of rotatable bonds is 2. The molecule has 0 radical (unpaired) electrons. The second-order valence-electron chi connectivity index (χ2n) is 7.51. The smallest absolute Gasteiger partial charge is 0.223 e. The Kier molecular flexibility index (Phi) is 3.74.